The summed E-state index contributed by atoms with van der Waals surface area (Å²) in [6.45, 7) is 3.61. The molecule has 0 saturated carbocycles. The standard InChI is InChI=1S/C19H17FN6O/c1-11-16(18(27)24-15-7-5-14(20)6-8-15)17(13-4-3-9-21-10-13)26-19(22-11)23-12(2)25-26/h3-10,17H,1-2H3,(H,24,27)(H,22,23,25). The monoisotopic (exact) mass is 364 g/mol. The van der Waals surface area contributed by atoms with Crippen LogP contribution < -0.4 is 10.6 Å². The Morgan fingerprint density at radius 3 is 2.70 bits per heavy atom. The van der Waals surface area contributed by atoms with E-state index in [-0.39, 0.29) is 11.7 Å². The Morgan fingerprint density at radius 2 is 2.00 bits per heavy atom. The van der Waals surface area contributed by atoms with E-state index in [1.54, 1.807) is 24.0 Å². The molecule has 1 aliphatic rings. The van der Waals surface area contributed by atoms with Crippen molar-refractivity contribution < 1.29 is 9.18 Å². The fourth-order valence-corrected chi connectivity index (χ4v) is 3.13. The van der Waals surface area contributed by atoms with Gasteiger partial charge in [0.15, 0.2) is 0 Å². The molecule has 0 bridgehead atoms. The van der Waals surface area contributed by atoms with E-state index in [9.17, 15) is 9.18 Å². The highest BCUT2D eigenvalue weighted by Gasteiger charge is 2.34. The summed E-state index contributed by atoms with van der Waals surface area (Å²) in [6.07, 6.45) is 3.38. The molecule has 3 aromatic rings. The summed E-state index contributed by atoms with van der Waals surface area (Å²) >= 11 is 0. The van der Waals surface area contributed by atoms with Gasteiger partial charge in [-0.15, -0.1) is 0 Å². The fourth-order valence-electron chi connectivity index (χ4n) is 3.13. The second-order valence-corrected chi connectivity index (χ2v) is 6.24. The molecule has 7 nitrogen and oxygen atoms in total. The molecule has 4 rings (SSSR count). The molecular weight excluding hydrogens is 347 g/mol. The molecule has 0 spiro atoms. The lowest BCUT2D eigenvalue weighted by atomic mass is 9.96. The molecule has 3 heterocycles. The Morgan fingerprint density at radius 1 is 1.22 bits per heavy atom. The van der Waals surface area contributed by atoms with Crippen molar-refractivity contribution in [1.82, 2.24) is 19.7 Å². The third kappa shape index (κ3) is 3.17. The second kappa shape index (κ2) is 6.64. The minimum Gasteiger partial charge on any atom is -0.328 e. The maximum Gasteiger partial charge on any atom is 0.255 e. The van der Waals surface area contributed by atoms with Gasteiger partial charge in [-0.2, -0.15) is 10.1 Å². The van der Waals surface area contributed by atoms with Crippen molar-refractivity contribution >= 4 is 17.5 Å². The van der Waals surface area contributed by atoms with Gasteiger partial charge in [0, 0.05) is 23.8 Å². The number of nitrogens with zero attached hydrogens (tertiary/aromatic N) is 4. The van der Waals surface area contributed by atoms with Crippen LogP contribution in [0.25, 0.3) is 0 Å². The number of aryl methyl sites for hydroxylation is 1. The first-order chi connectivity index (χ1) is 13.0. The molecule has 1 aromatic carbocycles. The average Bonchev–Trinajstić information content (AvgIpc) is 3.02. The predicted molar refractivity (Wildman–Crippen MR) is 98.5 cm³/mol. The van der Waals surface area contributed by atoms with Gasteiger partial charge < -0.3 is 10.6 Å². The Kier molecular flexibility index (Phi) is 4.15. The largest absolute Gasteiger partial charge is 0.328 e. The van der Waals surface area contributed by atoms with Crippen molar-refractivity contribution in [2.45, 2.75) is 19.9 Å². The second-order valence-electron chi connectivity index (χ2n) is 6.24. The van der Waals surface area contributed by atoms with Gasteiger partial charge in [-0.3, -0.25) is 9.78 Å². The number of anilines is 2. The zero-order valence-corrected chi connectivity index (χ0v) is 14.8. The maximum atomic E-state index is 13.1. The summed E-state index contributed by atoms with van der Waals surface area (Å²) in [5.41, 5.74) is 2.48. The highest BCUT2D eigenvalue weighted by atomic mass is 19.1. The van der Waals surface area contributed by atoms with E-state index < -0.39 is 6.04 Å². The summed E-state index contributed by atoms with van der Waals surface area (Å²) in [5.74, 6) is 0.495. The van der Waals surface area contributed by atoms with Crippen LogP contribution in [0.1, 0.15) is 24.4 Å². The summed E-state index contributed by atoms with van der Waals surface area (Å²) < 4.78 is 14.8. The quantitative estimate of drug-likeness (QED) is 0.746. The zero-order valence-electron chi connectivity index (χ0n) is 14.8. The van der Waals surface area contributed by atoms with Gasteiger partial charge >= 0.3 is 0 Å². The molecule has 1 atom stereocenters. The number of amides is 1. The number of halogens is 1. The van der Waals surface area contributed by atoms with Crippen LogP contribution in [-0.4, -0.2) is 25.7 Å². The Labute approximate surface area is 155 Å². The summed E-state index contributed by atoms with van der Waals surface area (Å²) in [6, 6.07) is 8.86. The van der Waals surface area contributed by atoms with E-state index in [1.807, 2.05) is 19.1 Å². The molecule has 0 saturated heterocycles. The number of aromatic nitrogens is 4. The lowest BCUT2D eigenvalue weighted by Crippen LogP contribution is -2.31. The van der Waals surface area contributed by atoms with Gasteiger partial charge in [0.25, 0.3) is 5.91 Å². The van der Waals surface area contributed by atoms with Crippen LogP contribution in [-0.2, 0) is 4.79 Å². The number of benzene rings is 1. The number of carbonyl (C=O) groups excluding carboxylic acids is 1. The number of hydrogen-bond acceptors (Lipinski definition) is 5. The zero-order chi connectivity index (χ0) is 19.0. The number of rotatable bonds is 3. The Bertz CT molecular complexity index is 1030. The van der Waals surface area contributed by atoms with Crippen LogP contribution in [0, 0.1) is 12.7 Å². The van der Waals surface area contributed by atoms with Crippen LogP contribution in [0.3, 0.4) is 0 Å². The molecule has 27 heavy (non-hydrogen) atoms. The topological polar surface area (TPSA) is 84.7 Å². The molecule has 0 fully saturated rings. The van der Waals surface area contributed by atoms with Gasteiger partial charge in [-0.25, -0.2) is 9.07 Å². The van der Waals surface area contributed by atoms with Gasteiger partial charge in [0.05, 0.1) is 5.57 Å². The van der Waals surface area contributed by atoms with Crippen molar-refractivity contribution in [2.75, 3.05) is 10.6 Å². The van der Waals surface area contributed by atoms with Gasteiger partial charge in [-0.05, 0) is 49.7 Å². The van der Waals surface area contributed by atoms with Crippen molar-refractivity contribution in [3.05, 3.63) is 77.3 Å². The van der Waals surface area contributed by atoms with Gasteiger partial charge in [-0.1, -0.05) is 6.07 Å². The first-order valence-electron chi connectivity index (χ1n) is 8.40. The van der Waals surface area contributed by atoms with E-state index in [2.05, 4.69) is 25.7 Å². The molecule has 0 radical (unpaired) electrons. The minimum atomic E-state index is -0.475. The Balaban J connectivity index is 1.76. The SMILES string of the molecule is CC1=C(C(=O)Nc2ccc(F)cc2)C(c2cccnc2)n2nc(C)nc2N1. The van der Waals surface area contributed by atoms with Gasteiger partial charge in [0.1, 0.15) is 17.7 Å². The first kappa shape index (κ1) is 16.9. The van der Waals surface area contributed by atoms with Crippen LogP contribution >= 0.6 is 0 Å². The van der Waals surface area contributed by atoms with E-state index >= 15 is 0 Å². The average molecular weight is 364 g/mol. The number of nitrogens with one attached hydrogen (secondary N) is 2. The smallest absolute Gasteiger partial charge is 0.255 e. The highest BCUT2D eigenvalue weighted by molar-refractivity contribution is 6.06. The van der Waals surface area contributed by atoms with Crippen molar-refractivity contribution in [2.24, 2.45) is 0 Å². The summed E-state index contributed by atoms with van der Waals surface area (Å²) in [5, 5.41) is 10.4. The van der Waals surface area contributed by atoms with Crippen LogP contribution in [0.15, 0.2) is 60.1 Å². The van der Waals surface area contributed by atoms with Crippen LogP contribution in [0.2, 0.25) is 0 Å². The molecule has 1 amide bonds. The van der Waals surface area contributed by atoms with Crippen LogP contribution in [0.5, 0.6) is 0 Å². The normalized spacial score (nSPS) is 15.9. The number of allylic oxidation sites excluding steroid dienone is 1. The van der Waals surface area contributed by atoms with E-state index in [0.717, 1.165) is 5.56 Å². The third-order valence-electron chi connectivity index (χ3n) is 4.31. The van der Waals surface area contributed by atoms with E-state index in [0.29, 0.717) is 28.7 Å². The molecule has 136 valence electrons. The lowest BCUT2D eigenvalue weighted by molar-refractivity contribution is -0.113. The molecule has 8 heteroatoms. The minimum absolute atomic E-state index is 0.306. The molecule has 1 aliphatic heterocycles. The summed E-state index contributed by atoms with van der Waals surface area (Å²) in [7, 11) is 0. The van der Waals surface area contributed by atoms with Crippen LogP contribution in [0.4, 0.5) is 16.0 Å². The maximum absolute atomic E-state index is 13.1. The van der Waals surface area contributed by atoms with Crippen molar-refractivity contribution in [1.29, 1.82) is 0 Å². The summed E-state index contributed by atoms with van der Waals surface area (Å²) in [4.78, 5) is 21.6. The number of fused-ring (bicyclic) bond motifs is 1. The van der Waals surface area contributed by atoms with Crippen molar-refractivity contribution in [3.8, 4) is 0 Å². The Hall–Kier alpha value is -3.55. The fraction of sp³-hybridized carbons (Fsp3) is 0.158. The predicted octanol–water partition coefficient (Wildman–Crippen LogP) is 3.05. The molecular formula is C19H17FN6O. The van der Waals surface area contributed by atoms with Gasteiger partial charge in [0.2, 0.25) is 5.95 Å². The first-order valence-corrected chi connectivity index (χ1v) is 8.40. The number of carbonyl (C=O) groups is 1. The highest BCUT2D eigenvalue weighted by Crippen LogP contribution is 2.35. The molecule has 2 aromatic heterocycles. The lowest BCUT2D eigenvalue weighted by Gasteiger charge is -2.28. The molecule has 0 aliphatic carbocycles. The van der Waals surface area contributed by atoms with Crippen molar-refractivity contribution in [3.63, 3.8) is 0 Å². The number of pyridine rings is 1. The molecule has 1 unspecified atom stereocenters. The molecule has 2 N–H and O–H groups in total. The van der Waals surface area contributed by atoms with E-state index in [4.69, 9.17) is 0 Å². The third-order valence-corrected chi connectivity index (χ3v) is 4.31. The van der Waals surface area contributed by atoms with E-state index in [1.165, 1.54) is 24.3 Å². The number of hydrogen-bond donors (Lipinski definition) is 2.